The molecule has 1 N–H and O–H groups in total. The lowest BCUT2D eigenvalue weighted by Crippen LogP contribution is -2.34. The highest BCUT2D eigenvalue weighted by atomic mass is 35.5. The summed E-state index contributed by atoms with van der Waals surface area (Å²) in [7, 11) is 1.53. The van der Waals surface area contributed by atoms with Gasteiger partial charge in [-0.15, -0.1) is 0 Å². The van der Waals surface area contributed by atoms with Crippen molar-refractivity contribution in [3.63, 3.8) is 0 Å². The number of benzene rings is 3. The van der Waals surface area contributed by atoms with Crippen molar-refractivity contribution in [2.24, 2.45) is 5.92 Å². The predicted octanol–water partition coefficient (Wildman–Crippen LogP) is 9.30. The maximum atomic E-state index is 15.5. The van der Waals surface area contributed by atoms with Gasteiger partial charge in [0.15, 0.2) is 23.1 Å². The molecule has 10 nitrogen and oxygen atoms in total. The summed E-state index contributed by atoms with van der Waals surface area (Å²) >= 11 is 6.27. The summed E-state index contributed by atoms with van der Waals surface area (Å²) in [6, 6.07) is 14.4. The average molecular weight is 790 g/mol. The van der Waals surface area contributed by atoms with E-state index in [9.17, 15) is 22.8 Å². The number of ether oxygens (including phenoxy) is 3. The first-order valence-corrected chi connectivity index (χ1v) is 18.3. The molecule has 0 spiro atoms. The van der Waals surface area contributed by atoms with Crippen LogP contribution >= 0.6 is 11.6 Å². The molecule has 0 aliphatic carbocycles. The highest BCUT2D eigenvalue weighted by Gasteiger charge is 2.31. The second kappa shape index (κ2) is 16.2. The molecule has 1 aliphatic heterocycles. The van der Waals surface area contributed by atoms with Gasteiger partial charge in [-0.2, -0.15) is 13.2 Å². The number of piperidine rings is 1. The zero-order valence-corrected chi connectivity index (χ0v) is 31.1. The van der Waals surface area contributed by atoms with E-state index in [-0.39, 0.29) is 38.7 Å². The van der Waals surface area contributed by atoms with Gasteiger partial charge in [0.05, 0.1) is 40.9 Å². The number of nitrogens with zero attached hydrogens (tertiary/aromatic N) is 4. The Bertz CT molecular complexity index is 2490. The van der Waals surface area contributed by atoms with Crippen LogP contribution in [0.4, 0.5) is 23.2 Å². The molecule has 290 valence electrons. The second-order valence-corrected chi connectivity index (χ2v) is 13.9. The Morgan fingerprint density at radius 3 is 2.48 bits per heavy atom. The number of aromatic nitrogens is 3. The lowest BCUT2D eigenvalue weighted by Gasteiger charge is -2.30. The smallest absolute Gasteiger partial charge is 0.416 e. The Kier molecular flexibility index (Phi) is 11.1. The Morgan fingerprint density at radius 2 is 1.75 bits per heavy atom. The lowest BCUT2D eigenvalue weighted by atomic mass is 9.99. The third-order valence-corrected chi connectivity index (χ3v) is 9.99. The Labute approximate surface area is 323 Å². The number of rotatable bonds is 11. The van der Waals surface area contributed by atoms with Gasteiger partial charge in [0, 0.05) is 48.3 Å². The number of hydrogen-bond donors (Lipinski definition) is 1. The molecular weight excluding hydrogens is 754 g/mol. The van der Waals surface area contributed by atoms with Crippen molar-refractivity contribution >= 4 is 45.1 Å². The third kappa shape index (κ3) is 8.26. The molecule has 6 aromatic rings. The first-order chi connectivity index (χ1) is 26.9. The van der Waals surface area contributed by atoms with Crippen LogP contribution in [-0.2, 0) is 6.18 Å². The number of likely N-dealkylation sites (tertiary alicyclic amines) is 1. The van der Waals surface area contributed by atoms with Crippen LogP contribution in [0.5, 0.6) is 23.0 Å². The van der Waals surface area contributed by atoms with E-state index in [1.54, 1.807) is 18.2 Å². The standard InChI is InChI=1S/C41H36ClF4N5O5/c1-24-11-16-50(17-12-24)15-4-18-55-37-22-32-28(21-36(37)54-2)34(10-14-47-32)56-35-9-7-26(20-31(35)43)49-40(53)29-23-51(39-27(38(29)52)5-3-13-48-39)33-8-6-25(19-30(33)42)41(44,45)46/h3,5-10,13-14,19-24H,4,11-12,15-18H2,1-2H3,(H,49,53). The van der Waals surface area contributed by atoms with E-state index in [2.05, 4.69) is 27.1 Å². The van der Waals surface area contributed by atoms with E-state index in [0.29, 0.717) is 34.8 Å². The lowest BCUT2D eigenvalue weighted by molar-refractivity contribution is -0.137. The molecule has 0 radical (unpaired) electrons. The third-order valence-electron chi connectivity index (χ3n) is 9.69. The van der Waals surface area contributed by atoms with Crippen LogP contribution in [0.3, 0.4) is 0 Å². The summed E-state index contributed by atoms with van der Waals surface area (Å²) in [5.74, 6) is 0.176. The summed E-state index contributed by atoms with van der Waals surface area (Å²) in [6.45, 7) is 5.94. The van der Waals surface area contributed by atoms with E-state index in [0.717, 1.165) is 62.4 Å². The van der Waals surface area contributed by atoms with Crippen molar-refractivity contribution in [2.45, 2.75) is 32.4 Å². The fourth-order valence-electron chi connectivity index (χ4n) is 6.61. The molecule has 1 aliphatic rings. The molecule has 56 heavy (non-hydrogen) atoms. The normalized spacial score (nSPS) is 13.9. The molecule has 1 amide bonds. The highest BCUT2D eigenvalue weighted by molar-refractivity contribution is 6.32. The van der Waals surface area contributed by atoms with Crippen LogP contribution in [0.2, 0.25) is 5.02 Å². The maximum Gasteiger partial charge on any atom is 0.416 e. The number of nitrogens with one attached hydrogen (secondary N) is 1. The number of methoxy groups -OCH3 is 1. The Balaban J connectivity index is 1.08. The fraction of sp³-hybridized carbons (Fsp3) is 0.268. The van der Waals surface area contributed by atoms with Gasteiger partial charge in [-0.25, -0.2) is 9.37 Å². The van der Waals surface area contributed by atoms with E-state index < -0.39 is 28.9 Å². The number of carbonyl (C=O) groups is 1. The van der Waals surface area contributed by atoms with Crippen molar-refractivity contribution in [3.8, 4) is 28.7 Å². The van der Waals surface area contributed by atoms with Crippen molar-refractivity contribution < 1.29 is 36.6 Å². The summed E-state index contributed by atoms with van der Waals surface area (Å²) in [5.41, 5.74) is -1.41. The molecule has 4 heterocycles. The number of hydrogen-bond acceptors (Lipinski definition) is 8. The van der Waals surface area contributed by atoms with Crippen molar-refractivity contribution in [2.75, 3.05) is 38.7 Å². The van der Waals surface area contributed by atoms with Gasteiger partial charge >= 0.3 is 6.18 Å². The van der Waals surface area contributed by atoms with Gasteiger partial charge in [0.25, 0.3) is 5.91 Å². The number of alkyl halides is 3. The molecular formula is C41H36ClF4N5O5. The van der Waals surface area contributed by atoms with Gasteiger partial charge < -0.3 is 24.4 Å². The van der Waals surface area contributed by atoms with Crippen LogP contribution in [0, 0.1) is 11.7 Å². The van der Waals surface area contributed by atoms with Crippen molar-refractivity contribution in [1.82, 2.24) is 19.4 Å². The number of amides is 1. The number of halogens is 5. The molecule has 1 fully saturated rings. The minimum Gasteiger partial charge on any atom is -0.493 e. The average Bonchev–Trinajstić information content (AvgIpc) is 3.18. The quantitative estimate of drug-likeness (QED) is 0.102. The van der Waals surface area contributed by atoms with Crippen LogP contribution in [-0.4, -0.2) is 58.7 Å². The highest BCUT2D eigenvalue weighted by Crippen LogP contribution is 2.38. The molecule has 0 unspecified atom stereocenters. The van der Waals surface area contributed by atoms with E-state index in [1.165, 1.54) is 61.2 Å². The summed E-state index contributed by atoms with van der Waals surface area (Å²) in [6.07, 6.45) is 2.69. The van der Waals surface area contributed by atoms with Crippen molar-refractivity contribution in [1.29, 1.82) is 0 Å². The van der Waals surface area contributed by atoms with Crippen LogP contribution in [0.15, 0.2) is 90.1 Å². The molecule has 15 heteroatoms. The SMILES string of the molecule is COc1cc2c(Oc3ccc(NC(=O)c4cn(-c5ccc(C(F)(F)F)cc5Cl)c5ncccc5c4=O)cc3F)ccnc2cc1OCCCN1CCC(C)CC1. The minimum atomic E-state index is -4.64. The zero-order chi connectivity index (χ0) is 39.6. The molecule has 3 aromatic carbocycles. The largest absolute Gasteiger partial charge is 0.493 e. The van der Waals surface area contributed by atoms with E-state index >= 15 is 4.39 Å². The van der Waals surface area contributed by atoms with Gasteiger partial charge in [0.1, 0.15) is 17.0 Å². The minimum absolute atomic E-state index is 0.00235. The second-order valence-electron chi connectivity index (χ2n) is 13.5. The maximum absolute atomic E-state index is 15.5. The molecule has 0 atom stereocenters. The van der Waals surface area contributed by atoms with Gasteiger partial charge in [-0.3, -0.25) is 19.1 Å². The topological polar surface area (TPSA) is 108 Å². The van der Waals surface area contributed by atoms with Crippen LogP contribution < -0.4 is 25.0 Å². The number of carbonyl (C=O) groups excluding carboxylic acids is 1. The zero-order valence-electron chi connectivity index (χ0n) is 30.3. The number of pyridine rings is 3. The fourth-order valence-corrected chi connectivity index (χ4v) is 6.88. The van der Waals surface area contributed by atoms with Gasteiger partial charge in [-0.1, -0.05) is 18.5 Å². The monoisotopic (exact) mass is 789 g/mol. The summed E-state index contributed by atoms with van der Waals surface area (Å²) in [4.78, 5) is 38.0. The van der Waals surface area contributed by atoms with Crippen LogP contribution in [0.25, 0.3) is 27.6 Å². The van der Waals surface area contributed by atoms with Gasteiger partial charge in [-0.05, 0) is 92.9 Å². The Morgan fingerprint density at radius 1 is 0.946 bits per heavy atom. The molecule has 1 saturated heterocycles. The molecule has 0 saturated carbocycles. The summed E-state index contributed by atoms with van der Waals surface area (Å²) in [5, 5.41) is 2.78. The first kappa shape index (κ1) is 38.5. The van der Waals surface area contributed by atoms with Crippen molar-refractivity contribution in [3.05, 3.63) is 118 Å². The summed E-state index contributed by atoms with van der Waals surface area (Å²) < 4.78 is 74.5. The van der Waals surface area contributed by atoms with E-state index in [1.807, 2.05) is 0 Å². The number of anilines is 1. The molecule has 3 aromatic heterocycles. The first-order valence-electron chi connectivity index (χ1n) is 17.9. The van der Waals surface area contributed by atoms with E-state index in [4.69, 9.17) is 25.8 Å². The Hall–Kier alpha value is -5.73. The number of fused-ring (bicyclic) bond motifs is 2. The van der Waals surface area contributed by atoms with Gasteiger partial charge in [0.2, 0.25) is 5.43 Å². The molecule has 7 rings (SSSR count). The van der Waals surface area contributed by atoms with Crippen LogP contribution in [0.1, 0.15) is 42.1 Å². The predicted molar refractivity (Wildman–Crippen MR) is 205 cm³/mol. The molecule has 0 bridgehead atoms.